The van der Waals surface area contributed by atoms with E-state index in [-0.39, 0.29) is 11.5 Å². The summed E-state index contributed by atoms with van der Waals surface area (Å²) in [6.07, 6.45) is 7.58. The van der Waals surface area contributed by atoms with Crippen LogP contribution in [0.25, 0.3) is 0 Å². The molecule has 11 nitrogen and oxygen atoms in total. The molecule has 2 atom stereocenters. The van der Waals surface area contributed by atoms with Gasteiger partial charge in [0.15, 0.2) is 0 Å². The third-order valence-corrected chi connectivity index (χ3v) is 7.80. The Labute approximate surface area is 239 Å². The number of aromatic nitrogens is 3. The van der Waals surface area contributed by atoms with Crippen LogP contribution in [-0.2, 0) is 5.60 Å². The van der Waals surface area contributed by atoms with Gasteiger partial charge < -0.3 is 35.6 Å². The summed E-state index contributed by atoms with van der Waals surface area (Å²) in [5, 5.41) is 20.5. The molecule has 0 aliphatic carbocycles. The minimum atomic E-state index is -1.08. The first kappa shape index (κ1) is 27.0. The van der Waals surface area contributed by atoms with Gasteiger partial charge in [-0.25, -0.2) is 9.97 Å². The Kier molecular flexibility index (Phi) is 7.46. The maximum absolute atomic E-state index is 13.1. The molecule has 4 N–H and O–H groups in total. The van der Waals surface area contributed by atoms with E-state index in [0.717, 1.165) is 49.6 Å². The molecule has 6 rings (SSSR count). The lowest BCUT2D eigenvalue weighted by atomic mass is 9.94. The van der Waals surface area contributed by atoms with Crippen molar-refractivity contribution in [3.8, 4) is 5.75 Å². The number of benzene rings is 1. The molecule has 0 radical (unpaired) electrons. The Balaban J connectivity index is 1.30. The molecule has 3 aliphatic heterocycles. The number of aliphatic hydroxyl groups is 1. The number of ether oxygens (including phenoxy) is 1. The summed E-state index contributed by atoms with van der Waals surface area (Å²) in [4.78, 5) is 31.6. The number of likely N-dealkylation sites (N-methyl/N-ethyl adjacent to an activating group) is 1. The third kappa shape index (κ3) is 5.96. The molecule has 1 saturated heterocycles. The molecule has 1 fully saturated rings. The second-order valence-corrected chi connectivity index (χ2v) is 11.1. The van der Waals surface area contributed by atoms with Crippen LogP contribution in [0.5, 0.6) is 5.75 Å². The minimum absolute atomic E-state index is 0.289. The second-order valence-electron chi connectivity index (χ2n) is 11.1. The Morgan fingerprint density at radius 3 is 2.98 bits per heavy atom. The predicted molar refractivity (Wildman–Crippen MR) is 158 cm³/mol. The SMILES string of the molecule is CN1CCN2c3cc(Nc4ncc5c(n4)Nc4cccc(n4)C(C)(O)CCC/C=C\CNC5=O)ccc3OCC2C1. The first-order valence-electron chi connectivity index (χ1n) is 14.1. The molecule has 2 aromatic heterocycles. The van der Waals surface area contributed by atoms with Crippen LogP contribution in [0.2, 0.25) is 0 Å². The van der Waals surface area contributed by atoms with Crippen LogP contribution in [-0.4, -0.2) is 76.7 Å². The average molecular weight is 557 g/mol. The first-order chi connectivity index (χ1) is 19.9. The first-order valence-corrected chi connectivity index (χ1v) is 14.1. The van der Waals surface area contributed by atoms with E-state index in [2.05, 4.69) is 53.8 Å². The van der Waals surface area contributed by atoms with E-state index in [1.165, 1.54) is 6.20 Å². The van der Waals surface area contributed by atoms with Gasteiger partial charge in [0.1, 0.15) is 35.2 Å². The van der Waals surface area contributed by atoms with Crippen molar-refractivity contribution in [2.75, 3.05) is 55.4 Å². The fourth-order valence-corrected chi connectivity index (χ4v) is 5.50. The molecule has 11 heteroatoms. The van der Waals surface area contributed by atoms with Crippen LogP contribution in [0, 0.1) is 0 Å². The van der Waals surface area contributed by atoms with E-state index in [4.69, 9.17) is 4.74 Å². The van der Waals surface area contributed by atoms with Gasteiger partial charge >= 0.3 is 0 Å². The van der Waals surface area contributed by atoms with Crippen molar-refractivity contribution in [2.45, 2.75) is 37.8 Å². The van der Waals surface area contributed by atoms with Crippen molar-refractivity contribution in [3.63, 3.8) is 0 Å². The van der Waals surface area contributed by atoms with Crippen molar-refractivity contribution in [2.24, 2.45) is 0 Å². The molecule has 0 spiro atoms. The van der Waals surface area contributed by atoms with Crippen LogP contribution in [0.3, 0.4) is 0 Å². The summed E-state index contributed by atoms with van der Waals surface area (Å²) in [6.45, 7) is 5.72. The van der Waals surface area contributed by atoms with E-state index < -0.39 is 5.60 Å². The van der Waals surface area contributed by atoms with Crippen molar-refractivity contribution in [1.29, 1.82) is 0 Å². The number of hydrogen-bond donors (Lipinski definition) is 4. The van der Waals surface area contributed by atoms with Gasteiger partial charge in [-0.3, -0.25) is 4.79 Å². The molecule has 1 amide bonds. The standard InChI is InChI=1S/C30H36N8O3/c1-30(40)12-5-3-4-6-13-31-28(39)22-17-32-29(36-27(22)35-26-9-7-8-25(30)34-26)33-20-10-11-24-23(16-20)38-15-14-37(2)18-21(38)19-41-24/h4,6-11,16-17,21,40H,3,5,12-15,18-19H2,1-2H3,(H,31,39)(H2,32,33,34,35,36)/b6-4-. The van der Waals surface area contributed by atoms with Gasteiger partial charge in [-0.2, -0.15) is 4.98 Å². The summed E-state index contributed by atoms with van der Waals surface area (Å²) in [5.41, 5.74) is 1.62. The monoisotopic (exact) mass is 556 g/mol. The average Bonchev–Trinajstić information content (AvgIpc) is 2.96. The zero-order valence-corrected chi connectivity index (χ0v) is 23.4. The summed E-state index contributed by atoms with van der Waals surface area (Å²) >= 11 is 0. The van der Waals surface area contributed by atoms with Crippen LogP contribution >= 0.6 is 0 Å². The van der Waals surface area contributed by atoms with Gasteiger partial charge in [-0.1, -0.05) is 18.2 Å². The highest BCUT2D eigenvalue weighted by atomic mass is 16.5. The van der Waals surface area contributed by atoms with E-state index in [1.807, 2.05) is 36.4 Å². The maximum Gasteiger partial charge on any atom is 0.256 e. The lowest BCUT2D eigenvalue weighted by molar-refractivity contribution is 0.0415. The van der Waals surface area contributed by atoms with Gasteiger partial charge in [-0.15, -0.1) is 0 Å². The zero-order valence-electron chi connectivity index (χ0n) is 23.4. The van der Waals surface area contributed by atoms with Crippen molar-refractivity contribution in [1.82, 2.24) is 25.2 Å². The third-order valence-electron chi connectivity index (χ3n) is 7.80. The van der Waals surface area contributed by atoms with Gasteiger partial charge in [0.25, 0.3) is 5.91 Å². The highest BCUT2D eigenvalue weighted by molar-refractivity contribution is 5.99. The number of carbonyl (C=O) groups excluding carboxylic acids is 1. The number of hydrogen-bond acceptors (Lipinski definition) is 10. The lowest BCUT2D eigenvalue weighted by Gasteiger charge is -2.44. The summed E-state index contributed by atoms with van der Waals surface area (Å²) in [5.74, 6) is 1.68. The molecule has 3 aliphatic rings. The fraction of sp³-hybridized carbons (Fsp3) is 0.400. The Morgan fingerprint density at radius 2 is 2.07 bits per heavy atom. The van der Waals surface area contributed by atoms with Gasteiger partial charge in [0.2, 0.25) is 5.95 Å². The molecule has 214 valence electrons. The number of allylic oxidation sites excluding steroid dienone is 1. The minimum Gasteiger partial charge on any atom is -0.489 e. The highest BCUT2D eigenvalue weighted by Gasteiger charge is 2.32. The summed E-state index contributed by atoms with van der Waals surface area (Å²) < 4.78 is 6.05. The quantitative estimate of drug-likeness (QED) is 0.348. The number of pyridine rings is 1. The highest BCUT2D eigenvalue weighted by Crippen LogP contribution is 2.38. The Hall–Kier alpha value is -4.22. The number of nitrogens with one attached hydrogen (secondary N) is 3. The van der Waals surface area contributed by atoms with Crippen LogP contribution in [0.4, 0.5) is 29.0 Å². The summed E-state index contributed by atoms with van der Waals surface area (Å²) in [6, 6.07) is 11.7. The van der Waals surface area contributed by atoms with Gasteiger partial charge in [-0.05, 0) is 63.6 Å². The van der Waals surface area contributed by atoms with Crippen LogP contribution < -0.4 is 25.6 Å². The van der Waals surface area contributed by atoms with Crippen molar-refractivity contribution >= 4 is 34.9 Å². The largest absolute Gasteiger partial charge is 0.489 e. The normalized spacial score (nSPS) is 23.7. The predicted octanol–water partition coefficient (Wildman–Crippen LogP) is 3.55. The molecule has 2 unspecified atom stereocenters. The second kappa shape index (κ2) is 11.3. The number of piperazine rings is 1. The molecule has 5 heterocycles. The zero-order chi connectivity index (χ0) is 28.4. The number of anilines is 5. The topological polar surface area (TPSA) is 128 Å². The van der Waals surface area contributed by atoms with Gasteiger partial charge in [0.05, 0.1) is 17.4 Å². The van der Waals surface area contributed by atoms with E-state index >= 15 is 0 Å². The molecule has 1 aromatic carbocycles. The number of carbonyl (C=O) groups is 1. The van der Waals surface area contributed by atoms with E-state index in [1.54, 1.807) is 13.0 Å². The number of nitrogens with zero attached hydrogens (tertiary/aromatic N) is 5. The molecule has 2 bridgehead atoms. The lowest BCUT2D eigenvalue weighted by Crippen LogP contribution is -2.56. The van der Waals surface area contributed by atoms with Crippen LogP contribution in [0.15, 0.2) is 54.7 Å². The molecule has 3 aromatic rings. The summed E-state index contributed by atoms with van der Waals surface area (Å²) in [7, 11) is 2.14. The molecule has 0 saturated carbocycles. The van der Waals surface area contributed by atoms with Crippen molar-refractivity contribution < 1.29 is 14.6 Å². The van der Waals surface area contributed by atoms with Crippen LogP contribution in [0.1, 0.15) is 42.2 Å². The fourth-order valence-electron chi connectivity index (χ4n) is 5.50. The maximum atomic E-state index is 13.1. The van der Waals surface area contributed by atoms with E-state index in [0.29, 0.717) is 48.9 Å². The number of amides is 1. The molecular formula is C30H36N8O3. The van der Waals surface area contributed by atoms with E-state index in [9.17, 15) is 9.90 Å². The Bertz CT molecular complexity index is 1460. The number of fused-ring (bicyclic) bond motifs is 6. The van der Waals surface area contributed by atoms with Gasteiger partial charge in [0, 0.05) is 38.1 Å². The van der Waals surface area contributed by atoms with Crippen molar-refractivity contribution in [3.05, 3.63) is 66.0 Å². The molecule has 41 heavy (non-hydrogen) atoms. The smallest absolute Gasteiger partial charge is 0.256 e. The Morgan fingerprint density at radius 1 is 1.17 bits per heavy atom. The number of rotatable bonds is 2. The molecular weight excluding hydrogens is 520 g/mol.